The second-order valence-corrected chi connectivity index (χ2v) is 13.8. The Morgan fingerprint density at radius 2 is 1.49 bits per heavy atom. The van der Waals surface area contributed by atoms with Gasteiger partial charge >= 0.3 is 5.97 Å². The molecule has 0 bridgehead atoms. The number of aliphatic hydroxyl groups excluding tert-OH is 2. The molecular weight excluding hydrogens is 778 g/mol. The van der Waals surface area contributed by atoms with Gasteiger partial charge < -0.3 is 80.4 Å². The largest absolute Gasteiger partial charge is 0.477 e. The topological polar surface area (TPSA) is 413 Å². The lowest BCUT2D eigenvalue weighted by molar-refractivity contribution is -0.142. The van der Waals surface area contributed by atoms with E-state index in [1.54, 1.807) is 0 Å². The number of hydrogen-bond acceptors (Lipinski definition) is 14. The zero-order valence-corrected chi connectivity index (χ0v) is 33.4. The van der Waals surface area contributed by atoms with Gasteiger partial charge in [0.1, 0.15) is 35.9 Å². The van der Waals surface area contributed by atoms with Crippen LogP contribution in [0.1, 0.15) is 71.1 Å². The fraction of sp³-hybridized carbons (Fsp3) is 0.686. The van der Waals surface area contributed by atoms with Crippen molar-refractivity contribution in [3.8, 4) is 0 Å². The Bertz CT molecular complexity index is 1480. The van der Waals surface area contributed by atoms with Crippen LogP contribution in [0, 0.1) is 5.41 Å². The van der Waals surface area contributed by atoms with Crippen LogP contribution in [0.4, 0.5) is 0 Å². The minimum absolute atomic E-state index is 0.0493. The second kappa shape index (κ2) is 28.1. The first-order valence-electron chi connectivity index (χ1n) is 19.5. The Morgan fingerprint density at radius 1 is 0.831 bits per heavy atom. The predicted molar refractivity (Wildman–Crippen MR) is 212 cm³/mol. The van der Waals surface area contributed by atoms with Crippen LogP contribution in [0.3, 0.4) is 0 Å². The molecule has 24 nitrogen and oxygen atoms in total. The van der Waals surface area contributed by atoms with Crippen LogP contribution in [-0.2, 0) is 38.4 Å². The van der Waals surface area contributed by atoms with Crippen molar-refractivity contribution < 1.29 is 53.7 Å². The third-order valence-electron chi connectivity index (χ3n) is 8.98. The smallest absolute Gasteiger partial charge is 0.352 e. The predicted octanol–water partition coefficient (Wildman–Crippen LogP) is -6.03. The third kappa shape index (κ3) is 19.7. The summed E-state index contributed by atoms with van der Waals surface area (Å²) < 4.78 is 0. The molecule has 0 radical (unpaired) electrons. The number of amides is 7. The summed E-state index contributed by atoms with van der Waals surface area (Å²) in [6.07, 6.45) is 1.48. The highest BCUT2D eigenvalue weighted by atomic mass is 16.4. The Balaban J connectivity index is 3.05. The monoisotopic (exact) mass is 841 g/mol. The number of nitrogens with one attached hydrogen (secondary N) is 8. The van der Waals surface area contributed by atoms with E-state index in [2.05, 4.69) is 37.2 Å². The van der Waals surface area contributed by atoms with Crippen molar-refractivity contribution in [3.05, 3.63) is 11.8 Å². The van der Waals surface area contributed by atoms with Gasteiger partial charge in [-0.15, -0.1) is 0 Å². The van der Waals surface area contributed by atoms with Gasteiger partial charge in [0.15, 0.2) is 5.96 Å². The quantitative estimate of drug-likeness (QED) is 0.0151. The molecule has 0 saturated carbocycles. The molecular formula is C35H63N13O11. The van der Waals surface area contributed by atoms with E-state index in [9.17, 15) is 53.7 Å². The number of carbonyl (C=O) groups excluding carboxylic acids is 7. The number of likely N-dealkylation sites (tertiary alicyclic amines) is 1. The van der Waals surface area contributed by atoms with E-state index in [1.165, 1.54) is 17.9 Å². The van der Waals surface area contributed by atoms with Crippen molar-refractivity contribution in [2.45, 2.75) is 107 Å². The highest BCUT2D eigenvalue weighted by Gasteiger charge is 2.39. The Labute approximate surface area is 342 Å². The number of aliphatic carboxylic acids is 1. The number of aliphatic hydroxyl groups is 2. The summed E-state index contributed by atoms with van der Waals surface area (Å²) in [5.41, 5.74) is 21.3. The van der Waals surface area contributed by atoms with Gasteiger partial charge in [0.25, 0.3) is 0 Å². The maximum atomic E-state index is 13.8. The lowest BCUT2D eigenvalue weighted by Gasteiger charge is -2.30. The summed E-state index contributed by atoms with van der Waals surface area (Å²) in [6.45, 7) is 0.802. The maximum Gasteiger partial charge on any atom is 0.352 e. The fourth-order valence-electron chi connectivity index (χ4n) is 5.85. The van der Waals surface area contributed by atoms with E-state index in [0.717, 1.165) is 0 Å². The van der Waals surface area contributed by atoms with Crippen LogP contribution in [0.15, 0.2) is 11.8 Å². The number of nitrogens with zero attached hydrogens (tertiary/aromatic N) is 1. The second-order valence-electron chi connectivity index (χ2n) is 13.8. The molecule has 1 saturated heterocycles. The fourth-order valence-corrected chi connectivity index (χ4v) is 5.85. The Hall–Kier alpha value is -5.43. The molecule has 19 N–H and O–H groups in total. The van der Waals surface area contributed by atoms with Crippen molar-refractivity contribution >= 4 is 53.3 Å². The molecule has 0 spiro atoms. The summed E-state index contributed by atoms with van der Waals surface area (Å²) >= 11 is 0. The van der Waals surface area contributed by atoms with Gasteiger partial charge in [-0.3, -0.25) is 39.0 Å². The van der Waals surface area contributed by atoms with Crippen molar-refractivity contribution in [1.82, 2.24) is 42.1 Å². The van der Waals surface area contributed by atoms with Crippen molar-refractivity contribution in [1.29, 1.82) is 5.41 Å². The van der Waals surface area contributed by atoms with Crippen molar-refractivity contribution in [2.75, 3.05) is 45.9 Å². The molecule has 1 aliphatic rings. The van der Waals surface area contributed by atoms with Gasteiger partial charge in [0.05, 0.1) is 19.1 Å². The number of guanidine groups is 1. The molecule has 1 fully saturated rings. The van der Waals surface area contributed by atoms with Crippen molar-refractivity contribution in [3.63, 3.8) is 0 Å². The molecule has 59 heavy (non-hydrogen) atoms. The normalized spacial score (nSPS) is 16.3. The maximum absolute atomic E-state index is 13.8. The summed E-state index contributed by atoms with van der Waals surface area (Å²) in [4.78, 5) is 105. The average molecular weight is 842 g/mol. The lowest BCUT2D eigenvalue weighted by atomic mass is 10.1. The lowest BCUT2D eigenvalue weighted by Crippen LogP contribution is -2.58. The number of carbonyl (C=O) groups is 8. The number of rotatable bonds is 28. The summed E-state index contributed by atoms with van der Waals surface area (Å²) in [5, 5.41) is 53.3. The standard InChI is InChI=1S/C35H63N13O11/c1-20(43-27(51)17-21(50)18-38)29(53)42-19-28(52)44-24(8-4-13-37)33(57)48-15-6-10-26(48)32(56)46-23(11-16-49)31(55)45-22(7-2-3-12-36)30(54)47-25(34(58)59)9-5-14-41-35(39)40/h9,20-24,26,49-50H,2-8,10-19,36-38H2,1H3,(H,42,53)(H,43,51)(H,44,52)(H,45,55)(H,46,56)(H,47,54)(H,58,59)(H4,39,40,41)/b25-9-/t20-,21+,22-,23-,24+,26-/m0/s1. The first-order chi connectivity index (χ1) is 28.0. The van der Waals surface area contributed by atoms with E-state index in [4.69, 9.17) is 28.3 Å². The zero-order valence-electron chi connectivity index (χ0n) is 33.4. The molecule has 7 amide bonds. The molecule has 6 atom stereocenters. The third-order valence-corrected chi connectivity index (χ3v) is 8.98. The first kappa shape index (κ1) is 51.6. The number of nitrogens with two attached hydrogens (primary N) is 4. The van der Waals surface area contributed by atoms with E-state index < -0.39 is 102 Å². The molecule has 0 aromatic carbocycles. The summed E-state index contributed by atoms with van der Waals surface area (Å²) in [5.74, 6) is -6.95. The average Bonchev–Trinajstić information content (AvgIpc) is 3.68. The van der Waals surface area contributed by atoms with Gasteiger partial charge in [0.2, 0.25) is 41.4 Å². The number of unbranched alkanes of at least 4 members (excludes halogenated alkanes) is 1. The van der Waals surface area contributed by atoms with Gasteiger partial charge in [-0.1, -0.05) is 6.08 Å². The molecule has 0 aromatic heterocycles. The highest BCUT2D eigenvalue weighted by molar-refractivity contribution is 5.98. The van der Waals surface area contributed by atoms with Crippen molar-refractivity contribution in [2.24, 2.45) is 22.9 Å². The van der Waals surface area contributed by atoms with E-state index in [0.29, 0.717) is 25.7 Å². The van der Waals surface area contributed by atoms with Crippen LogP contribution in [0.5, 0.6) is 0 Å². The van der Waals surface area contributed by atoms with Gasteiger partial charge in [-0.05, 0) is 77.8 Å². The minimum Gasteiger partial charge on any atom is -0.477 e. The highest BCUT2D eigenvalue weighted by Crippen LogP contribution is 2.20. The van der Waals surface area contributed by atoms with Gasteiger partial charge in [-0.2, -0.15) is 0 Å². The summed E-state index contributed by atoms with van der Waals surface area (Å²) in [6, 6.07) is -5.94. The molecule has 1 aliphatic heterocycles. The molecule has 1 rings (SSSR count). The van der Waals surface area contributed by atoms with E-state index in [-0.39, 0.29) is 77.2 Å². The molecule has 0 aliphatic carbocycles. The number of carboxylic acids is 1. The van der Waals surface area contributed by atoms with E-state index >= 15 is 0 Å². The first-order valence-corrected chi connectivity index (χ1v) is 19.5. The van der Waals surface area contributed by atoms with Gasteiger partial charge in [0, 0.05) is 26.2 Å². The number of carboxylic acid groups (broad SMARTS) is 1. The van der Waals surface area contributed by atoms with Crippen LogP contribution >= 0.6 is 0 Å². The molecule has 1 heterocycles. The van der Waals surface area contributed by atoms with Crippen LogP contribution in [0.25, 0.3) is 0 Å². The van der Waals surface area contributed by atoms with Gasteiger partial charge in [-0.25, -0.2) is 4.79 Å². The SMILES string of the molecule is C[C@H](NC(=O)C[C@@H](O)CN)C(=O)NCC(=O)N[C@H](CCCN)C(=O)N1CCC[C@H]1C(=O)N[C@@H](CCO)C(=O)N[C@@H](CCCCN)C(=O)N/C(=C\CCNC(=N)N)C(=O)O. The molecule has 24 heteroatoms. The Kier molecular flexibility index (Phi) is 24.5. The number of hydrogen-bond donors (Lipinski definition) is 15. The zero-order chi connectivity index (χ0) is 44.5. The van der Waals surface area contributed by atoms with Crippen LogP contribution in [0.2, 0.25) is 0 Å². The van der Waals surface area contributed by atoms with Crippen LogP contribution < -0.4 is 60.2 Å². The molecule has 0 unspecified atom stereocenters. The van der Waals surface area contributed by atoms with Crippen LogP contribution in [-0.4, -0.2) is 156 Å². The molecule has 334 valence electrons. The van der Waals surface area contributed by atoms with E-state index in [1.807, 2.05) is 0 Å². The Morgan fingerprint density at radius 3 is 2.10 bits per heavy atom. The molecule has 0 aromatic rings. The minimum atomic E-state index is -1.46. The summed E-state index contributed by atoms with van der Waals surface area (Å²) in [7, 11) is 0.